The Bertz CT molecular complexity index is 1640. The Morgan fingerprint density at radius 1 is 1.17 bits per heavy atom. The molecule has 13 heteroatoms. The van der Waals surface area contributed by atoms with Crippen molar-refractivity contribution in [3.63, 3.8) is 0 Å². The molecule has 0 fully saturated rings. The van der Waals surface area contributed by atoms with E-state index in [9.17, 15) is 22.8 Å². The summed E-state index contributed by atoms with van der Waals surface area (Å²) in [6, 6.07) is 9.09. The first-order chi connectivity index (χ1) is 21.7. The first kappa shape index (κ1) is 34.8. The third kappa shape index (κ3) is 8.01. The molecule has 0 aromatic heterocycles. The summed E-state index contributed by atoms with van der Waals surface area (Å²) in [7, 11) is 1.01. The molecule has 0 aliphatic carbocycles. The predicted molar refractivity (Wildman–Crippen MR) is 175 cm³/mol. The summed E-state index contributed by atoms with van der Waals surface area (Å²) in [5, 5.41) is 7.83. The monoisotopic (exact) mass is 652 g/mol. The van der Waals surface area contributed by atoms with Crippen molar-refractivity contribution in [1.29, 1.82) is 5.41 Å². The number of fused-ring (bicyclic) bond motifs is 1. The molecule has 0 saturated carbocycles. The molecule has 0 spiro atoms. The summed E-state index contributed by atoms with van der Waals surface area (Å²) in [5.74, 6) is -1.37. The van der Waals surface area contributed by atoms with Crippen LogP contribution in [0.2, 0.25) is 0 Å². The van der Waals surface area contributed by atoms with Crippen molar-refractivity contribution in [2.75, 3.05) is 40.8 Å². The van der Waals surface area contributed by atoms with E-state index in [4.69, 9.17) is 15.9 Å². The number of rotatable bonds is 11. The summed E-state index contributed by atoms with van der Waals surface area (Å²) in [6.07, 6.45) is 2.96. The van der Waals surface area contributed by atoms with Gasteiger partial charge in [0.15, 0.2) is 0 Å². The van der Waals surface area contributed by atoms with Crippen LogP contribution in [0.5, 0.6) is 0 Å². The number of nitrogens with two attached hydrogens (primary N) is 1. The lowest BCUT2D eigenvalue weighted by Crippen LogP contribution is -2.56. The number of likely N-dealkylation sites (N-methyl/N-ethyl adjacent to an activating group) is 1. The summed E-state index contributed by atoms with van der Waals surface area (Å²) in [5.41, 5.74) is 9.36. The third-order valence-corrected chi connectivity index (χ3v) is 10.0. The number of amidine groups is 1. The molecule has 2 heterocycles. The zero-order valence-corrected chi connectivity index (χ0v) is 27.9. The van der Waals surface area contributed by atoms with Gasteiger partial charge in [0.25, 0.3) is 0 Å². The Labute approximate surface area is 271 Å². The van der Waals surface area contributed by atoms with E-state index in [1.54, 1.807) is 57.4 Å². The molecule has 0 unspecified atom stereocenters. The molecule has 4 N–H and O–H groups in total. The van der Waals surface area contributed by atoms with Gasteiger partial charge in [-0.3, -0.25) is 19.9 Å². The minimum absolute atomic E-state index is 0.0320. The lowest BCUT2D eigenvalue weighted by atomic mass is 9.91. The summed E-state index contributed by atoms with van der Waals surface area (Å²) >= 11 is 0. The molecular weight excluding hydrogens is 608 g/mol. The molecule has 4 rings (SSSR count). The van der Waals surface area contributed by atoms with E-state index in [1.165, 1.54) is 15.9 Å². The van der Waals surface area contributed by atoms with Gasteiger partial charge in [0.05, 0.1) is 11.5 Å². The molecule has 2 aromatic rings. The van der Waals surface area contributed by atoms with Gasteiger partial charge in [-0.2, -0.15) is 4.72 Å². The van der Waals surface area contributed by atoms with Crippen molar-refractivity contribution in [3.05, 3.63) is 76.4 Å². The van der Waals surface area contributed by atoms with Crippen LogP contribution in [-0.4, -0.2) is 99.7 Å². The number of nitrogens with zero attached hydrogens (tertiary/aromatic N) is 3. The van der Waals surface area contributed by atoms with Crippen molar-refractivity contribution >= 4 is 33.6 Å². The largest absolute Gasteiger partial charge is 0.464 e. The smallest absolute Gasteiger partial charge is 0.329 e. The predicted octanol–water partition coefficient (Wildman–Crippen LogP) is 1.98. The van der Waals surface area contributed by atoms with Gasteiger partial charge in [0.1, 0.15) is 17.9 Å². The number of nitrogens with one attached hydrogen (secondary N) is 2. The number of ether oxygens (including phenoxy) is 1. The van der Waals surface area contributed by atoms with Gasteiger partial charge in [0, 0.05) is 45.2 Å². The second-order valence-corrected chi connectivity index (χ2v) is 13.8. The van der Waals surface area contributed by atoms with Gasteiger partial charge in [-0.1, -0.05) is 35.9 Å². The fraction of sp³-hybridized carbons (Fsp3) is 0.455. The number of hydrogen-bond acceptors (Lipinski definition) is 8. The van der Waals surface area contributed by atoms with Crippen molar-refractivity contribution in [2.45, 2.75) is 62.6 Å². The highest BCUT2D eigenvalue weighted by molar-refractivity contribution is 7.89. The minimum Gasteiger partial charge on any atom is -0.464 e. The quantitative estimate of drug-likeness (QED) is 0.143. The van der Waals surface area contributed by atoms with Gasteiger partial charge in [0.2, 0.25) is 21.8 Å². The fourth-order valence-electron chi connectivity index (χ4n) is 5.89. The van der Waals surface area contributed by atoms with Crippen LogP contribution >= 0.6 is 0 Å². The molecule has 2 aliphatic heterocycles. The molecule has 12 nitrogen and oxygen atoms in total. The molecule has 248 valence electrons. The highest BCUT2D eigenvalue weighted by Crippen LogP contribution is 2.33. The van der Waals surface area contributed by atoms with Crippen LogP contribution < -0.4 is 10.5 Å². The van der Waals surface area contributed by atoms with E-state index < -0.39 is 34.0 Å². The number of esters is 1. The lowest BCUT2D eigenvalue weighted by Gasteiger charge is -2.36. The van der Waals surface area contributed by atoms with Gasteiger partial charge in [-0.25, -0.2) is 13.2 Å². The van der Waals surface area contributed by atoms with Gasteiger partial charge in [-0.15, -0.1) is 0 Å². The molecule has 0 radical (unpaired) electrons. The SMILES string of the molecule is CCOC(=O)[C@H]1CC(C)=CCN1C(=O)[C@H](Cc1cccc(C(=N)N)c1)NS(=O)(=O)c1ccc2c(c1)[C@@H](CC(=O)N(C)C)N(C)CC2. The molecule has 2 aliphatic rings. The number of carbonyl (C=O) groups excluding carboxylic acids is 3. The van der Waals surface area contributed by atoms with Crippen LogP contribution in [0.1, 0.15) is 55.0 Å². The maximum absolute atomic E-state index is 14.2. The van der Waals surface area contributed by atoms with E-state index >= 15 is 0 Å². The average Bonchev–Trinajstić information content (AvgIpc) is 3.01. The molecule has 2 amide bonds. The van der Waals surface area contributed by atoms with Crippen LogP contribution in [0.25, 0.3) is 0 Å². The minimum atomic E-state index is -4.28. The summed E-state index contributed by atoms with van der Waals surface area (Å²) in [4.78, 5) is 44.7. The van der Waals surface area contributed by atoms with Crippen molar-refractivity contribution in [3.8, 4) is 0 Å². The van der Waals surface area contributed by atoms with Crippen LogP contribution in [0.4, 0.5) is 0 Å². The Morgan fingerprint density at radius 3 is 2.59 bits per heavy atom. The Balaban J connectivity index is 1.72. The number of benzene rings is 2. The van der Waals surface area contributed by atoms with Gasteiger partial charge in [-0.05, 0) is 75.0 Å². The van der Waals surface area contributed by atoms with Crippen molar-refractivity contribution < 1.29 is 27.5 Å². The second kappa shape index (κ2) is 14.6. The summed E-state index contributed by atoms with van der Waals surface area (Å²) < 4.78 is 36.0. The van der Waals surface area contributed by atoms with Crippen LogP contribution in [-0.2, 0) is 42.0 Å². The van der Waals surface area contributed by atoms with Crippen LogP contribution in [0.15, 0.2) is 59.0 Å². The lowest BCUT2D eigenvalue weighted by molar-refractivity contribution is -0.155. The number of amides is 2. The standard InChI is InChI=1S/C33H44N6O6S/c1-6-45-33(42)29-16-21(2)12-15-39(29)32(41)27(18-22-8-7-9-24(17-22)31(34)35)36-46(43,44)25-11-10-23-13-14-38(5)28(26(23)19-25)20-30(40)37(3)4/h7-12,17,19,27-29,36H,6,13-16,18,20H2,1-5H3,(H3,34,35)/t27-,28+,29+/m0/s1. The van der Waals surface area contributed by atoms with Crippen LogP contribution in [0.3, 0.4) is 0 Å². The molecule has 46 heavy (non-hydrogen) atoms. The molecule has 0 bridgehead atoms. The topological polar surface area (TPSA) is 166 Å². The highest BCUT2D eigenvalue weighted by Gasteiger charge is 2.38. The molecule has 2 aromatic carbocycles. The third-order valence-electron chi connectivity index (χ3n) is 8.56. The van der Waals surface area contributed by atoms with E-state index in [0.717, 1.165) is 23.2 Å². The first-order valence-electron chi connectivity index (χ1n) is 15.3. The van der Waals surface area contributed by atoms with Crippen LogP contribution in [0, 0.1) is 5.41 Å². The fourth-order valence-corrected chi connectivity index (χ4v) is 7.11. The molecule has 3 atom stereocenters. The Hall–Kier alpha value is -4.07. The normalized spacial score (nSPS) is 19.1. The maximum atomic E-state index is 14.2. The van der Waals surface area contributed by atoms with E-state index in [2.05, 4.69) is 4.72 Å². The zero-order chi connectivity index (χ0) is 33.8. The first-order valence-corrected chi connectivity index (χ1v) is 16.8. The zero-order valence-electron chi connectivity index (χ0n) is 27.1. The maximum Gasteiger partial charge on any atom is 0.329 e. The highest BCUT2D eigenvalue weighted by atomic mass is 32.2. The molecular formula is C33H44N6O6S. The average molecular weight is 653 g/mol. The van der Waals surface area contributed by atoms with Gasteiger partial charge < -0.3 is 20.3 Å². The van der Waals surface area contributed by atoms with E-state index in [0.29, 0.717) is 17.5 Å². The Morgan fingerprint density at radius 2 is 1.91 bits per heavy atom. The van der Waals surface area contributed by atoms with E-state index in [1.807, 2.05) is 24.9 Å². The Kier molecular flexibility index (Phi) is 11.0. The number of nitrogen functional groups attached to an aromatic ring is 1. The number of carbonyl (C=O) groups is 3. The number of sulfonamides is 1. The second-order valence-electron chi connectivity index (χ2n) is 12.1. The van der Waals surface area contributed by atoms with Gasteiger partial charge >= 0.3 is 5.97 Å². The molecule has 0 saturated heterocycles. The van der Waals surface area contributed by atoms with E-state index in [-0.39, 0.29) is 55.1 Å². The van der Waals surface area contributed by atoms with Crippen molar-refractivity contribution in [1.82, 2.24) is 19.4 Å². The van der Waals surface area contributed by atoms with Crippen molar-refractivity contribution in [2.24, 2.45) is 5.73 Å². The number of hydrogen-bond donors (Lipinski definition) is 3. The summed E-state index contributed by atoms with van der Waals surface area (Å²) in [6.45, 7) is 4.54.